The number of hydrogen-bond acceptors (Lipinski definition) is 4. The van der Waals surface area contributed by atoms with Crippen molar-refractivity contribution in [1.29, 1.82) is 0 Å². The number of nitro benzene ring substituents is 1. The van der Waals surface area contributed by atoms with E-state index in [2.05, 4.69) is 11.9 Å². The van der Waals surface area contributed by atoms with E-state index < -0.39 is 4.92 Å². The third kappa shape index (κ3) is 4.05. The maximum Gasteiger partial charge on any atom is 0.270 e. The van der Waals surface area contributed by atoms with Crippen molar-refractivity contribution in [2.24, 2.45) is 10.9 Å². The Balaban J connectivity index is 1.95. The van der Waals surface area contributed by atoms with Crippen LogP contribution in [0.5, 0.6) is 5.75 Å². The molecule has 5 heteroatoms. The minimum atomic E-state index is -0.439. The third-order valence-corrected chi connectivity index (χ3v) is 4.83. The summed E-state index contributed by atoms with van der Waals surface area (Å²) < 4.78 is 0. The molecule has 2 aromatic rings. The van der Waals surface area contributed by atoms with Crippen LogP contribution >= 0.6 is 0 Å². The molecule has 1 fully saturated rings. The number of aliphatic imine (C=N–C) groups is 1. The molecule has 0 unspecified atom stereocenters. The van der Waals surface area contributed by atoms with Gasteiger partial charge in [0.05, 0.1) is 4.92 Å². The second-order valence-electron chi connectivity index (χ2n) is 6.75. The van der Waals surface area contributed by atoms with Crippen molar-refractivity contribution in [1.82, 2.24) is 0 Å². The van der Waals surface area contributed by atoms with Gasteiger partial charge in [-0.3, -0.25) is 15.1 Å². The smallest absolute Gasteiger partial charge is 0.270 e. The van der Waals surface area contributed by atoms with Gasteiger partial charge in [-0.15, -0.1) is 0 Å². The summed E-state index contributed by atoms with van der Waals surface area (Å²) in [5.74, 6) is 0.770. The largest absolute Gasteiger partial charge is 0.507 e. The van der Waals surface area contributed by atoms with Gasteiger partial charge in [0, 0.05) is 35.5 Å². The molecule has 1 N–H and O–H groups in total. The van der Waals surface area contributed by atoms with Gasteiger partial charge in [0.25, 0.3) is 5.69 Å². The van der Waals surface area contributed by atoms with Crippen LogP contribution in [0.25, 0.3) is 11.1 Å². The van der Waals surface area contributed by atoms with Crippen molar-refractivity contribution in [3.63, 3.8) is 0 Å². The molecule has 0 aromatic heterocycles. The van der Waals surface area contributed by atoms with E-state index in [9.17, 15) is 15.2 Å². The van der Waals surface area contributed by atoms with Gasteiger partial charge in [-0.05, 0) is 37.2 Å². The highest BCUT2D eigenvalue weighted by molar-refractivity contribution is 5.90. The van der Waals surface area contributed by atoms with Crippen LogP contribution in [0.4, 0.5) is 5.69 Å². The molecule has 25 heavy (non-hydrogen) atoms. The van der Waals surface area contributed by atoms with Crippen LogP contribution in [0.15, 0.2) is 47.5 Å². The van der Waals surface area contributed by atoms with Crippen LogP contribution in [0.2, 0.25) is 0 Å². The highest BCUT2D eigenvalue weighted by Gasteiger charge is 2.19. The highest BCUT2D eigenvalue weighted by atomic mass is 16.6. The van der Waals surface area contributed by atoms with E-state index in [1.165, 1.54) is 12.1 Å². The van der Waals surface area contributed by atoms with E-state index in [0.29, 0.717) is 11.1 Å². The lowest BCUT2D eigenvalue weighted by atomic mass is 9.88. The first-order valence-corrected chi connectivity index (χ1v) is 8.64. The molecule has 0 aliphatic heterocycles. The number of nitrogens with zero attached hydrogens (tertiary/aromatic N) is 2. The standard InChI is InChI=1S/C20H22N2O3/c1-14-7-9-17(10-8-14)21-13-16-11-18(22(24)25)12-19(20(16)23)15-5-3-2-4-6-15/h2-6,11-14,17,23H,7-10H2,1H3. The fraction of sp³-hybridized carbons (Fsp3) is 0.350. The van der Waals surface area contributed by atoms with Gasteiger partial charge in [0.15, 0.2) is 0 Å². The van der Waals surface area contributed by atoms with Crippen molar-refractivity contribution in [2.45, 2.75) is 38.6 Å². The second-order valence-corrected chi connectivity index (χ2v) is 6.75. The fourth-order valence-electron chi connectivity index (χ4n) is 3.26. The van der Waals surface area contributed by atoms with E-state index in [4.69, 9.17) is 0 Å². The predicted molar refractivity (Wildman–Crippen MR) is 99.2 cm³/mol. The Kier molecular flexibility index (Phi) is 5.12. The number of rotatable bonds is 4. The summed E-state index contributed by atoms with van der Waals surface area (Å²) in [4.78, 5) is 15.4. The van der Waals surface area contributed by atoms with Crippen LogP contribution in [0, 0.1) is 16.0 Å². The maximum absolute atomic E-state index is 11.3. The molecule has 1 aliphatic carbocycles. The number of nitro groups is 1. The molecular formula is C20H22N2O3. The summed E-state index contributed by atoms with van der Waals surface area (Å²) in [6, 6.07) is 12.2. The Morgan fingerprint density at radius 3 is 2.48 bits per heavy atom. The quantitative estimate of drug-likeness (QED) is 0.486. The first kappa shape index (κ1) is 17.1. The van der Waals surface area contributed by atoms with Crippen LogP contribution < -0.4 is 0 Å². The monoisotopic (exact) mass is 338 g/mol. The minimum absolute atomic E-state index is 0.0322. The molecule has 0 atom stereocenters. The molecule has 0 heterocycles. The topological polar surface area (TPSA) is 75.7 Å². The molecular weight excluding hydrogens is 316 g/mol. The second kappa shape index (κ2) is 7.47. The van der Waals surface area contributed by atoms with E-state index in [1.807, 2.05) is 30.3 Å². The Morgan fingerprint density at radius 2 is 1.84 bits per heavy atom. The van der Waals surface area contributed by atoms with Crippen molar-refractivity contribution in [3.05, 3.63) is 58.1 Å². The first-order valence-electron chi connectivity index (χ1n) is 8.64. The number of phenolic OH excluding ortho intramolecular Hbond substituents is 1. The zero-order valence-electron chi connectivity index (χ0n) is 14.3. The summed E-state index contributed by atoms with van der Waals surface area (Å²) >= 11 is 0. The molecule has 3 rings (SSSR count). The molecule has 0 amide bonds. The molecule has 130 valence electrons. The van der Waals surface area contributed by atoms with E-state index >= 15 is 0 Å². The maximum atomic E-state index is 11.3. The van der Waals surface area contributed by atoms with E-state index in [0.717, 1.165) is 37.2 Å². The van der Waals surface area contributed by atoms with Crippen LogP contribution in [-0.4, -0.2) is 22.3 Å². The molecule has 5 nitrogen and oxygen atoms in total. The number of non-ortho nitro benzene ring substituents is 1. The third-order valence-electron chi connectivity index (χ3n) is 4.83. The number of hydrogen-bond donors (Lipinski definition) is 1. The van der Waals surface area contributed by atoms with Gasteiger partial charge >= 0.3 is 0 Å². The average molecular weight is 338 g/mol. The summed E-state index contributed by atoms with van der Waals surface area (Å²) in [5.41, 5.74) is 1.54. The van der Waals surface area contributed by atoms with Crippen molar-refractivity contribution >= 4 is 11.9 Å². The Labute approximate surface area is 147 Å². The SMILES string of the molecule is CC1CCC(N=Cc2cc([N+](=O)[O-])cc(-c3ccccc3)c2O)CC1. The van der Waals surface area contributed by atoms with Crippen LogP contribution in [0.3, 0.4) is 0 Å². The molecule has 1 saturated carbocycles. The molecule has 0 spiro atoms. The zero-order chi connectivity index (χ0) is 17.8. The molecule has 0 radical (unpaired) electrons. The highest BCUT2D eigenvalue weighted by Crippen LogP contribution is 2.35. The van der Waals surface area contributed by atoms with Crippen molar-refractivity contribution in [2.75, 3.05) is 0 Å². The van der Waals surface area contributed by atoms with Gasteiger partial charge in [0.1, 0.15) is 5.75 Å². The first-order chi connectivity index (χ1) is 12.0. The molecule has 1 aliphatic rings. The summed E-state index contributed by atoms with van der Waals surface area (Å²) in [6.45, 7) is 2.25. The fourth-order valence-corrected chi connectivity index (χ4v) is 3.26. The summed E-state index contributed by atoms with van der Waals surface area (Å²) in [7, 11) is 0. The zero-order valence-corrected chi connectivity index (χ0v) is 14.3. The number of aromatic hydroxyl groups is 1. The van der Waals surface area contributed by atoms with Crippen LogP contribution in [0.1, 0.15) is 38.2 Å². The van der Waals surface area contributed by atoms with Gasteiger partial charge < -0.3 is 5.11 Å². The Hall–Kier alpha value is -2.69. The number of benzene rings is 2. The Morgan fingerprint density at radius 1 is 1.16 bits per heavy atom. The van der Waals surface area contributed by atoms with Gasteiger partial charge in [-0.1, -0.05) is 37.3 Å². The summed E-state index contributed by atoms with van der Waals surface area (Å²) in [5, 5.41) is 21.9. The molecule has 0 bridgehead atoms. The average Bonchev–Trinajstić information content (AvgIpc) is 2.62. The summed E-state index contributed by atoms with van der Waals surface area (Å²) in [6.07, 6.45) is 5.95. The predicted octanol–water partition coefficient (Wildman–Crippen LogP) is 4.97. The minimum Gasteiger partial charge on any atom is -0.507 e. The lowest BCUT2D eigenvalue weighted by Crippen LogP contribution is -2.15. The molecule has 0 saturated heterocycles. The van der Waals surface area contributed by atoms with E-state index in [-0.39, 0.29) is 17.5 Å². The van der Waals surface area contributed by atoms with Crippen molar-refractivity contribution in [3.8, 4) is 16.9 Å². The Bertz CT molecular complexity index is 779. The van der Waals surface area contributed by atoms with Gasteiger partial charge in [-0.2, -0.15) is 0 Å². The van der Waals surface area contributed by atoms with Crippen LogP contribution in [-0.2, 0) is 0 Å². The van der Waals surface area contributed by atoms with Gasteiger partial charge in [-0.25, -0.2) is 0 Å². The number of phenols is 1. The normalized spacial score (nSPS) is 20.7. The molecule has 2 aromatic carbocycles. The lowest BCUT2D eigenvalue weighted by molar-refractivity contribution is -0.384. The lowest BCUT2D eigenvalue weighted by Gasteiger charge is -2.23. The van der Waals surface area contributed by atoms with Gasteiger partial charge in [0.2, 0.25) is 0 Å². The van der Waals surface area contributed by atoms with Crippen molar-refractivity contribution < 1.29 is 10.0 Å². The van der Waals surface area contributed by atoms with E-state index in [1.54, 1.807) is 6.21 Å².